The summed E-state index contributed by atoms with van der Waals surface area (Å²) in [4.78, 5) is 16.2. The average molecular weight is 291 g/mol. The summed E-state index contributed by atoms with van der Waals surface area (Å²) in [6, 6.07) is 5.38. The molecule has 0 saturated heterocycles. The molecular formula is C15H17NO5. The van der Waals surface area contributed by atoms with Crippen LogP contribution in [-0.4, -0.2) is 36.1 Å². The van der Waals surface area contributed by atoms with Gasteiger partial charge in [-0.15, -0.1) is 0 Å². The van der Waals surface area contributed by atoms with E-state index in [2.05, 4.69) is 5.16 Å². The fourth-order valence-corrected chi connectivity index (χ4v) is 2.62. The number of nitrogens with zero attached hydrogens (tertiary/aromatic N) is 1. The van der Waals surface area contributed by atoms with Gasteiger partial charge in [0.1, 0.15) is 5.60 Å². The molecule has 0 amide bonds. The Labute approximate surface area is 122 Å². The summed E-state index contributed by atoms with van der Waals surface area (Å²) in [5, 5.41) is 12.9. The van der Waals surface area contributed by atoms with Crippen LogP contribution in [0.4, 0.5) is 0 Å². The van der Waals surface area contributed by atoms with Gasteiger partial charge < -0.3 is 19.4 Å². The van der Waals surface area contributed by atoms with Gasteiger partial charge in [0.05, 0.1) is 12.8 Å². The molecule has 0 atom stereocenters. The van der Waals surface area contributed by atoms with Gasteiger partial charge in [-0.05, 0) is 37.5 Å². The molecule has 0 radical (unpaired) electrons. The van der Waals surface area contributed by atoms with E-state index in [1.807, 2.05) is 6.07 Å². The van der Waals surface area contributed by atoms with Crippen molar-refractivity contribution in [3.05, 3.63) is 23.8 Å². The van der Waals surface area contributed by atoms with Crippen LogP contribution in [0.3, 0.4) is 0 Å². The SMILES string of the molecule is COc1ccc(C2=NOC3(CCC3)C2)cc1OCC(=O)O. The molecule has 1 spiro atoms. The largest absolute Gasteiger partial charge is 0.493 e. The molecule has 0 bridgehead atoms. The fraction of sp³-hybridized carbons (Fsp3) is 0.467. The summed E-state index contributed by atoms with van der Waals surface area (Å²) in [6.07, 6.45) is 4.05. The number of hydrogen-bond donors (Lipinski definition) is 1. The first-order chi connectivity index (χ1) is 10.1. The Balaban J connectivity index is 1.79. The third-order valence-electron chi connectivity index (χ3n) is 3.95. The van der Waals surface area contributed by atoms with E-state index in [9.17, 15) is 4.79 Å². The number of aliphatic carboxylic acids is 1. The highest BCUT2D eigenvalue weighted by Crippen LogP contribution is 2.43. The second-order valence-electron chi connectivity index (χ2n) is 5.39. The second kappa shape index (κ2) is 5.27. The molecule has 1 saturated carbocycles. The van der Waals surface area contributed by atoms with Crippen molar-refractivity contribution in [2.75, 3.05) is 13.7 Å². The van der Waals surface area contributed by atoms with E-state index in [4.69, 9.17) is 19.4 Å². The number of hydrogen-bond acceptors (Lipinski definition) is 5. The number of rotatable bonds is 5. The maximum absolute atomic E-state index is 10.6. The fourth-order valence-electron chi connectivity index (χ4n) is 2.62. The second-order valence-corrected chi connectivity index (χ2v) is 5.39. The van der Waals surface area contributed by atoms with E-state index in [1.54, 1.807) is 12.1 Å². The van der Waals surface area contributed by atoms with Crippen LogP contribution < -0.4 is 9.47 Å². The van der Waals surface area contributed by atoms with Gasteiger partial charge in [-0.2, -0.15) is 0 Å². The predicted octanol–water partition coefficient (Wildman–Crippen LogP) is 2.21. The van der Waals surface area contributed by atoms with Crippen molar-refractivity contribution >= 4 is 11.7 Å². The molecule has 1 aliphatic carbocycles. The first kappa shape index (κ1) is 13.7. The summed E-state index contributed by atoms with van der Waals surface area (Å²) in [5.74, 6) is -0.134. The highest BCUT2D eigenvalue weighted by molar-refractivity contribution is 6.02. The van der Waals surface area contributed by atoms with Crippen LogP contribution in [0.5, 0.6) is 11.5 Å². The van der Waals surface area contributed by atoms with Crippen LogP contribution in [0, 0.1) is 0 Å². The van der Waals surface area contributed by atoms with Crippen molar-refractivity contribution in [1.29, 1.82) is 0 Å². The van der Waals surface area contributed by atoms with Crippen molar-refractivity contribution in [2.45, 2.75) is 31.3 Å². The van der Waals surface area contributed by atoms with Gasteiger partial charge in [-0.1, -0.05) is 5.16 Å². The molecule has 2 aliphatic rings. The lowest BCUT2D eigenvalue weighted by molar-refractivity contribution is -0.139. The summed E-state index contributed by atoms with van der Waals surface area (Å²) in [6.45, 7) is -0.410. The van der Waals surface area contributed by atoms with E-state index >= 15 is 0 Å². The monoisotopic (exact) mass is 291 g/mol. The summed E-state index contributed by atoms with van der Waals surface area (Å²) >= 11 is 0. The number of carboxylic acids is 1. The van der Waals surface area contributed by atoms with Crippen molar-refractivity contribution in [1.82, 2.24) is 0 Å². The Kier molecular flexibility index (Phi) is 3.45. The molecule has 3 rings (SSSR count). The Morgan fingerprint density at radius 3 is 2.81 bits per heavy atom. The van der Waals surface area contributed by atoms with Crippen molar-refractivity contribution in [2.24, 2.45) is 5.16 Å². The first-order valence-corrected chi connectivity index (χ1v) is 6.90. The van der Waals surface area contributed by atoms with Crippen LogP contribution in [-0.2, 0) is 9.63 Å². The highest BCUT2D eigenvalue weighted by atomic mass is 16.7. The molecule has 1 N–H and O–H groups in total. The highest BCUT2D eigenvalue weighted by Gasteiger charge is 2.44. The lowest BCUT2D eigenvalue weighted by atomic mass is 9.76. The Hall–Kier alpha value is -2.24. The molecule has 1 heterocycles. The van der Waals surface area contributed by atoms with E-state index in [0.717, 1.165) is 30.5 Å². The average Bonchev–Trinajstić information content (AvgIpc) is 2.90. The van der Waals surface area contributed by atoms with Gasteiger partial charge in [-0.3, -0.25) is 0 Å². The van der Waals surface area contributed by atoms with Gasteiger partial charge in [0.25, 0.3) is 0 Å². The summed E-state index contributed by atoms with van der Waals surface area (Å²) < 4.78 is 10.4. The van der Waals surface area contributed by atoms with Crippen LogP contribution in [0.15, 0.2) is 23.4 Å². The summed E-state index contributed by atoms with van der Waals surface area (Å²) in [7, 11) is 1.52. The molecule has 6 heteroatoms. The van der Waals surface area contributed by atoms with E-state index in [0.29, 0.717) is 11.5 Å². The number of carbonyl (C=O) groups is 1. The van der Waals surface area contributed by atoms with Gasteiger partial charge in [0.15, 0.2) is 18.1 Å². The summed E-state index contributed by atoms with van der Waals surface area (Å²) in [5.41, 5.74) is 1.65. The maximum atomic E-state index is 10.6. The number of benzene rings is 1. The van der Waals surface area contributed by atoms with E-state index in [-0.39, 0.29) is 5.60 Å². The lowest BCUT2D eigenvalue weighted by Crippen LogP contribution is -2.36. The number of ether oxygens (including phenoxy) is 2. The minimum atomic E-state index is -1.03. The van der Waals surface area contributed by atoms with Gasteiger partial charge in [-0.25, -0.2) is 4.79 Å². The molecular weight excluding hydrogens is 274 g/mol. The smallest absolute Gasteiger partial charge is 0.341 e. The number of oxime groups is 1. The van der Waals surface area contributed by atoms with Gasteiger partial charge in [0, 0.05) is 12.0 Å². The molecule has 6 nitrogen and oxygen atoms in total. The molecule has 1 aromatic carbocycles. The predicted molar refractivity (Wildman–Crippen MR) is 74.9 cm³/mol. The number of carboxylic acid groups (broad SMARTS) is 1. The first-order valence-electron chi connectivity index (χ1n) is 6.90. The molecule has 1 aliphatic heterocycles. The van der Waals surface area contributed by atoms with Crippen molar-refractivity contribution in [3.8, 4) is 11.5 Å². The van der Waals surface area contributed by atoms with Crippen LogP contribution in [0.25, 0.3) is 0 Å². The molecule has 1 fully saturated rings. The Morgan fingerprint density at radius 1 is 1.43 bits per heavy atom. The third kappa shape index (κ3) is 2.66. The molecule has 0 unspecified atom stereocenters. The Bertz CT molecular complexity index is 592. The lowest BCUT2D eigenvalue weighted by Gasteiger charge is -2.34. The minimum absolute atomic E-state index is 0.0999. The van der Waals surface area contributed by atoms with Crippen LogP contribution >= 0.6 is 0 Å². The molecule has 0 aromatic heterocycles. The maximum Gasteiger partial charge on any atom is 0.341 e. The normalized spacial score (nSPS) is 18.6. The van der Waals surface area contributed by atoms with Crippen LogP contribution in [0.2, 0.25) is 0 Å². The minimum Gasteiger partial charge on any atom is -0.493 e. The zero-order chi connectivity index (χ0) is 14.9. The molecule has 21 heavy (non-hydrogen) atoms. The van der Waals surface area contributed by atoms with Crippen LogP contribution in [0.1, 0.15) is 31.2 Å². The third-order valence-corrected chi connectivity index (χ3v) is 3.95. The van der Waals surface area contributed by atoms with Gasteiger partial charge >= 0.3 is 5.97 Å². The molecule has 112 valence electrons. The van der Waals surface area contributed by atoms with E-state index < -0.39 is 12.6 Å². The van der Waals surface area contributed by atoms with Gasteiger partial charge in [0.2, 0.25) is 0 Å². The quantitative estimate of drug-likeness (QED) is 0.900. The van der Waals surface area contributed by atoms with E-state index in [1.165, 1.54) is 13.5 Å². The topological polar surface area (TPSA) is 77.3 Å². The zero-order valence-electron chi connectivity index (χ0n) is 11.8. The van der Waals surface area contributed by atoms with Crippen molar-refractivity contribution < 1.29 is 24.2 Å². The standard InChI is InChI=1S/C15H17NO5/c1-19-12-4-3-10(7-13(12)20-9-14(17)18)11-8-15(21-16-11)5-2-6-15/h3-4,7H,2,5-6,8-9H2,1H3,(H,17,18). The Morgan fingerprint density at radius 2 is 2.24 bits per heavy atom. The van der Waals surface area contributed by atoms with Crippen molar-refractivity contribution in [3.63, 3.8) is 0 Å². The molecule has 1 aromatic rings. The number of methoxy groups -OCH3 is 1. The zero-order valence-corrected chi connectivity index (χ0v) is 11.8.